The second kappa shape index (κ2) is 8.08. The average molecular weight is 315 g/mol. The van der Waals surface area contributed by atoms with Gasteiger partial charge < -0.3 is 15.2 Å². The molecular weight excluding hydrogens is 292 g/mol. The lowest BCUT2D eigenvalue weighted by molar-refractivity contribution is -0.159. The van der Waals surface area contributed by atoms with Gasteiger partial charge in [0.15, 0.2) is 0 Å². The molecule has 6 heteroatoms. The van der Waals surface area contributed by atoms with E-state index in [1.54, 1.807) is 13.8 Å². The highest BCUT2D eigenvalue weighted by Gasteiger charge is 2.33. The fourth-order valence-corrected chi connectivity index (χ4v) is 2.22. The number of carbonyl (C=O) groups excluding carboxylic acids is 1. The topological polar surface area (TPSA) is 61.5 Å². The Morgan fingerprint density at radius 3 is 2.68 bits per heavy atom. The number of benzene rings is 1. The SMILES string of the molecule is CCCC(F)OC(=O)CC(C)(CN)c1cc(F)ccc1OC. The summed E-state index contributed by atoms with van der Waals surface area (Å²) in [5, 5.41) is 0. The van der Waals surface area contributed by atoms with Crippen molar-refractivity contribution in [3.05, 3.63) is 29.6 Å². The quantitative estimate of drug-likeness (QED) is 0.749. The third-order valence-electron chi connectivity index (χ3n) is 3.57. The molecule has 1 aromatic carbocycles. The smallest absolute Gasteiger partial charge is 0.309 e. The fraction of sp³-hybridized carbons (Fsp3) is 0.562. The van der Waals surface area contributed by atoms with Gasteiger partial charge in [-0.2, -0.15) is 0 Å². The number of hydrogen-bond donors (Lipinski definition) is 1. The molecule has 0 saturated heterocycles. The van der Waals surface area contributed by atoms with Crippen molar-refractivity contribution < 1.29 is 23.0 Å². The van der Waals surface area contributed by atoms with Gasteiger partial charge in [0.05, 0.1) is 13.5 Å². The molecule has 0 aliphatic rings. The van der Waals surface area contributed by atoms with E-state index in [1.165, 1.54) is 25.3 Å². The number of carbonyl (C=O) groups is 1. The summed E-state index contributed by atoms with van der Waals surface area (Å²) < 4.78 is 36.8. The van der Waals surface area contributed by atoms with Crippen LogP contribution >= 0.6 is 0 Å². The summed E-state index contributed by atoms with van der Waals surface area (Å²) in [7, 11) is 1.45. The molecule has 2 N–H and O–H groups in total. The zero-order chi connectivity index (χ0) is 16.8. The fourth-order valence-electron chi connectivity index (χ4n) is 2.22. The molecule has 0 heterocycles. The second-order valence-electron chi connectivity index (χ2n) is 5.47. The third-order valence-corrected chi connectivity index (χ3v) is 3.57. The monoisotopic (exact) mass is 315 g/mol. The van der Waals surface area contributed by atoms with Crippen LogP contribution in [-0.4, -0.2) is 26.0 Å². The maximum Gasteiger partial charge on any atom is 0.309 e. The van der Waals surface area contributed by atoms with Crippen LogP contribution in [0.25, 0.3) is 0 Å². The van der Waals surface area contributed by atoms with Crippen LogP contribution in [0.15, 0.2) is 18.2 Å². The van der Waals surface area contributed by atoms with E-state index >= 15 is 0 Å². The second-order valence-corrected chi connectivity index (χ2v) is 5.47. The normalized spacial score (nSPS) is 15.0. The van der Waals surface area contributed by atoms with Gasteiger partial charge in [-0.1, -0.05) is 13.8 Å². The van der Waals surface area contributed by atoms with Gasteiger partial charge in [0.25, 0.3) is 0 Å². The van der Waals surface area contributed by atoms with E-state index in [4.69, 9.17) is 15.2 Å². The molecule has 0 aliphatic heterocycles. The molecular formula is C16H23F2NO3. The molecule has 1 aromatic rings. The Morgan fingerprint density at radius 2 is 2.14 bits per heavy atom. The molecule has 0 spiro atoms. The Balaban J connectivity index is 2.97. The Morgan fingerprint density at radius 1 is 1.45 bits per heavy atom. The van der Waals surface area contributed by atoms with Crippen LogP contribution in [0.4, 0.5) is 8.78 Å². The summed E-state index contributed by atoms with van der Waals surface area (Å²) in [4.78, 5) is 11.9. The Labute approximate surface area is 129 Å². The van der Waals surface area contributed by atoms with Crippen molar-refractivity contribution in [3.63, 3.8) is 0 Å². The Bertz CT molecular complexity index is 510. The summed E-state index contributed by atoms with van der Waals surface area (Å²) in [6, 6.07) is 4.01. The van der Waals surface area contributed by atoms with E-state index in [2.05, 4.69) is 0 Å². The highest BCUT2D eigenvalue weighted by molar-refractivity contribution is 5.72. The average Bonchev–Trinajstić information content (AvgIpc) is 2.47. The molecule has 124 valence electrons. The number of rotatable bonds is 8. The molecule has 2 unspecified atom stereocenters. The van der Waals surface area contributed by atoms with E-state index in [-0.39, 0.29) is 19.4 Å². The molecule has 1 rings (SSSR count). The number of methoxy groups -OCH3 is 1. The minimum Gasteiger partial charge on any atom is -0.496 e. The molecule has 22 heavy (non-hydrogen) atoms. The zero-order valence-corrected chi connectivity index (χ0v) is 13.2. The van der Waals surface area contributed by atoms with Crippen LogP contribution in [-0.2, 0) is 14.9 Å². The van der Waals surface area contributed by atoms with Crippen LogP contribution in [0.2, 0.25) is 0 Å². The third kappa shape index (κ3) is 4.66. The summed E-state index contributed by atoms with van der Waals surface area (Å²) in [5.41, 5.74) is 5.32. The molecule has 0 fully saturated rings. The van der Waals surface area contributed by atoms with E-state index < -0.39 is 23.6 Å². The highest BCUT2D eigenvalue weighted by atomic mass is 19.1. The number of halogens is 2. The number of alkyl halides is 1. The largest absolute Gasteiger partial charge is 0.496 e. The van der Waals surface area contributed by atoms with Gasteiger partial charge in [-0.05, 0) is 24.6 Å². The van der Waals surface area contributed by atoms with Crippen LogP contribution in [0, 0.1) is 5.82 Å². The van der Waals surface area contributed by atoms with Crippen molar-refractivity contribution in [2.24, 2.45) is 5.73 Å². The first-order valence-electron chi connectivity index (χ1n) is 7.24. The van der Waals surface area contributed by atoms with E-state index in [1.807, 2.05) is 0 Å². The van der Waals surface area contributed by atoms with Crippen molar-refractivity contribution in [2.75, 3.05) is 13.7 Å². The van der Waals surface area contributed by atoms with Crippen molar-refractivity contribution in [1.29, 1.82) is 0 Å². The maximum atomic E-state index is 13.5. The molecule has 0 aliphatic carbocycles. The van der Waals surface area contributed by atoms with Crippen LogP contribution in [0.1, 0.15) is 38.7 Å². The van der Waals surface area contributed by atoms with E-state index in [0.29, 0.717) is 17.7 Å². The Kier molecular flexibility index (Phi) is 6.74. The molecule has 0 amide bonds. The molecule has 4 nitrogen and oxygen atoms in total. The summed E-state index contributed by atoms with van der Waals surface area (Å²) >= 11 is 0. The van der Waals surface area contributed by atoms with Gasteiger partial charge in [0.2, 0.25) is 6.36 Å². The first kappa shape index (κ1) is 18.4. The highest BCUT2D eigenvalue weighted by Crippen LogP contribution is 2.35. The van der Waals surface area contributed by atoms with Gasteiger partial charge in [-0.15, -0.1) is 0 Å². The zero-order valence-electron chi connectivity index (χ0n) is 13.2. The van der Waals surface area contributed by atoms with Gasteiger partial charge in [0.1, 0.15) is 11.6 Å². The molecule has 0 aromatic heterocycles. The standard InChI is InChI=1S/C16H23F2NO3/c1-4-5-14(18)22-15(20)9-16(2,10-19)12-8-11(17)6-7-13(12)21-3/h6-8,14H,4-5,9-10,19H2,1-3H3. The van der Waals surface area contributed by atoms with Gasteiger partial charge in [0, 0.05) is 23.9 Å². The number of ether oxygens (including phenoxy) is 2. The minimum atomic E-state index is -1.63. The van der Waals surface area contributed by atoms with Crippen LogP contribution < -0.4 is 10.5 Å². The van der Waals surface area contributed by atoms with Gasteiger partial charge >= 0.3 is 5.97 Å². The maximum absolute atomic E-state index is 13.5. The van der Waals surface area contributed by atoms with Crippen molar-refractivity contribution in [3.8, 4) is 5.75 Å². The number of hydrogen-bond acceptors (Lipinski definition) is 4. The van der Waals surface area contributed by atoms with E-state index in [9.17, 15) is 13.6 Å². The molecule has 2 atom stereocenters. The summed E-state index contributed by atoms with van der Waals surface area (Å²) in [6.45, 7) is 3.55. The predicted molar refractivity (Wildman–Crippen MR) is 79.9 cm³/mol. The van der Waals surface area contributed by atoms with Crippen molar-refractivity contribution >= 4 is 5.97 Å². The lowest BCUT2D eigenvalue weighted by atomic mass is 9.79. The lowest BCUT2D eigenvalue weighted by Crippen LogP contribution is -2.36. The first-order valence-corrected chi connectivity index (χ1v) is 7.24. The van der Waals surface area contributed by atoms with Gasteiger partial charge in [-0.3, -0.25) is 4.79 Å². The Hall–Kier alpha value is -1.69. The molecule has 0 saturated carbocycles. The van der Waals surface area contributed by atoms with Crippen LogP contribution in [0.3, 0.4) is 0 Å². The summed E-state index contributed by atoms with van der Waals surface area (Å²) in [5.74, 6) is -0.745. The van der Waals surface area contributed by atoms with E-state index in [0.717, 1.165) is 0 Å². The van der Waals surface area contributed by atoms with Crippen molar-refractivity contribution in [2.45, 2.75) is 44.9 Å². The van der Waals surface area contributed by atoms with Gasteiger partial charge in [-0.25, -0.2) is 8.78 Å². The number of nitrogens with two attached hydrogens (primary N) is 1. The van der Waals surface area contributed by atoms with Crippen LogP contribution in [0.5, 0.6) is 5.75 Å². The summed E-state index contributed by atoms with van der Waals surface area (Å²) in [6.07, 6.45) is -1.07. The minimum absolute atomic E-state index is 0.0621. The molecule has 0 radical (unpaired) electrons. The first-order chi connectivity index (χ1) is 10.4. The number of esters is 1. The lowest BCUT2D eigenvalue weighted by Gasteiger charge is -2.29. The predicted octanol–water partition coefficient (Wildman–Crippen LogP) is 3.08. The molecule has 0 bridgehead atoms. The van der Waals surface area contributed by atoms with Crippen molar-refractivity contribution in [1.82, 2.24) is 0 Å².